The van der Waals surface area contributed by atoms with Gasteiger partial charge in [-0.3, -0.25) is 0 Å². The molecule has 76 valence electrons. The molecule has 0 bridgehead atoms. The SMILES string of the molecule is C1=NC2=C(CC1)CNc1ccccc1N2. The van der Waals surface area contributed by atoms with E-state index in [1.807, 2.05) is 18.3 Å². The van der Waals surface area contributed by atoms with Crippen molar-refractivity contribution in [3.05, 3.63) is 35.7 Å². The molecule has 0 atom stereocenters. The Morgan fingerprint density at radius 2 is 2.00 bits per heavy atom. The van der Waals surface area contributed by atoms with E-state index in [1.165, 1.54) is 5.57 Å². The van der Waals surface area contributed by atoms with Gasteiger partial charge in [0.1, 0.15) is 5.82 Å². The van der Waals surface area contributed by atoms with Crippen LogP contribution in [0.4, 0.5) is 11.4 Å². The van der Waals surface area contributed by atoms with Crippen LogP contribution in [0.5, 0.6) is 0 Å². The van der Waals surface area contributed by atoms with Crippen LogP contribution in [-0.4, -0.2) is 12.8 Å². The molecule has 0 aromatic heterocycles. The molecule has 2 N–H and O–H groups in total. The Morgan fingerprint density at radius 1 is 1.13 bits per heavy atom. The Morgan fingerprint density at radius 3 is 2.93 bits per heavy atom. The summed E-state index contributed by atoms with van der Waals surface area (Å²) in [5.74, 6) is 1.03. The molecule has 0 radical (unpaired) electrons. The van der Waals surface area contributed by atoms with E-state index in [-0.39, 0.29) is 0 Å². The highest BCUT2D eigenvalue weighted by Gasteiger charge is 2.15. The quantitative estimate of drug-likeness (QED) is 0.673. The Bertz CT molecular complexity index is 446. The minimum atomic E-state index is 0.899. The first-order valence-electron chi connectivity index (χ1n) is 5.28. The fourth-order valence-corrected chi connectivity index (χ4v) is 1.97. The molecular weight excluding hydrogens is 186 g/mol. The van der Waals surface area contributed by atoms with Crippen LogP contribution in [0.15, 0.2) is 40.7 Å². The fourth-order valence-electron chi connectivity index (χ4n) is 1.97. The van der Waals surface area contributed by atoms with E-state index in [0.717, 1.165) is 36.6 Å². The average Bonchev–Trinajstić information content (AvgIpc) is 2.48. The average molecular weight is 199 g/mol. The van der Waals surface area contributed by atoms with Gasteiger partial charge in [-0.15, -0.1) is 0 Å². The molecule has 2 heterocycles. The summed E-state index contributed by atoms with van der Waals surface area (Å²) in [6, 6.07) is 8.24. The molecule has 2 aliphatic rings. The summed E-state index contributed by atoms with van der Waals surface area (Å²) in [6.07, 6.45) is 4.14. The number of nitrogens with zero attached hydrogens (tertiary/aromatic N) is 1. The molecule has 2 aliphatic heterocycles. The molecular formula is C12H13N3. The molecule has 0 unspecified atom stereocenters. The Kier molecular flexibility index (Phi) is 1.95. The van der Waals surface area contributed by atoms with Crippen molar-refractivity contribution in [2.45, 2.75) is 12.8 Å². The maximum Gasteiger partial charge on any atom is 0.130 e. The van der Waals surface area contributed by atoms with E-state index in [4.69, 9.17) is 0 Å². The van der Waals surface area contributed by atoms with E-state index in [2.05, 4.69) is 27.8 Å². The first-order valence-corrected chi connectivity index (χ1v) is 5.28. The third-order valence-corrected chi connectivity index (χ3v) is 2.80. The first kappa shape index (κ1) is 8.53. The maximum atomic E-state index is 4.41. The summed E-state index contributed by atoms with van der Waals surface area (Å²) in [7, 11) is 0. The minimum absolute atomic E-state index is 0.899. The summed E-state index contributed by atoms with van der Waals surface area (Å²) in [5, 5.41) is 6.81. The van der Waals surface area contributed by atoms with Gasteiger partial charge < -0.3 is 10.6 Å². The van der Waals surface area contributed by atoms with Crippen LogP contribution < -0.4 is 10.6 Å². The number of nitrogens with one attached hydrogen (secondary N) is 2. The van der Waals surface area contributed by atoms with Crippen molar-refractivity contribution < 1.29 is 0 Å². The zero-order valence-electron chi connectivity index (χ0n) is 8.46. The second kappa shape index (κ2) is 3.42. The molecule has 3 rings (SSSR count). The van der Waals surface area contributed by atoms with Crippen molar-refractivity contribution >= 4 is 17.6 Å². The number of hydrogen-bond donors (Lipinski definition) is 2. The number of hydrogen-bond acceptors (Lipinski definition) is 3. The number of para-hydroxylation sites is 2. The number of rotatable bonds is 0. The van der Waals surface area contributed by atoms with Crippen LogP contribution in [0.2, 0.25) is 0 Å². The largest absolute Gasteiger partial charge is 0.379 e. The predicted molar refractivity (Wildman–Crippen MR) is 63.3 cm³/mol. The maximum absolute atomic E-state index is 4.41. The lowest BCUT2D eigenvalue weighted by Gasteiger charge is -2.12. The van der Waals surface area contributed by atoms with Gasteiger partial charge in [-0.05, 0) is 30.5 Å². The van der Waals surface area contributed by atoms with Gasteiger partial charge in [0.25, 0.3) is 0 Å². The van der Waals surface area contributed by atoms with Gasteiger partial charge in [-0.25, -0.2) is 4.99 Å². The molecule has 0 saturated carbocycles. The molecule has 0 fully saturated rings. The molecule has 0 saturated heterocycles. The van der Waals surface area contributed by atoms with Crippen LogP contribution in [0.25, 0.3) is 0 Å². The van der Waals surface area contributed by atoms with Crippen LogP contribution in [0.3, 0.4) is 0 Å². The standard InChI is InChI=1S/C12H13N3/c1-2-6-11-10(5-1)14-8-9-4-3-7-13-12(9)15-11/h1-2,5-7,14-15H,3-4,8H2. The van der Waals surface area contributed by atoms with E-state index < -0.39 is 0 Å². The van der Waals surface area contributed by atoms with Gasteiger partial charge in [-0.1, -0.05) is 12.1 Å². The van der Waals surface area contributed by atoms with Crippen LogP contribution in [0, 0.1) is 0 Å². The Balaban J connectivity index is 2.01. The summed E-state index contributed by atoms with van der Waals surface area (Å²) < 4.78 is 0. The van der Waals surface area contributed by atoms with Crippen LogP contribution in [0.1, 0.15) is 12.8 Å². The number of fused-ring (bicyclic) bond motifs is 1. The topological polar surface area (TPSA) is 36.4 Å². The second-order valence-corrected chi connectivity index (χ2v) is 3.83. The van der Waals surface area contributed by atoms with Gasteiger partial charge in [0.2, 0.25) is 0 Å². The molecule has 15 heavy (non-hydrogen) atoms. The highest BCUT2D eigenvalue weighted by molar-refractivity contribution is 5.74. The highest BCUT2D eigenvalue weighted by atomic mass is 15.1. The number of anilines is 2. The smallest absolute Gasteiger partial charge is 0.130 e. The lowest BCUT2D eigenvalue weighted by molar-refractivity contribution is 0.934. The van der Waals surface area contributed by atoms with Gasteiger partial charge in [0.15, 0.2) is 0 Å². The molecule has 3 heteroatoms. The lowest BCUT2D eigenvalue weighted by Crippen LogP contribution is -2.08. The summed E-state index contributed by atoms with van der Waals surface area (Å²) in [4.78, 5) is 4.41. The molecule has 0 spiro atoms. The van der Waals surface area contributed by atoms with Crippen molar-refractivity contribution in [2.24, 2.45) is 4.99 Å². The Hall–Kier alpha value is -1.77. The van der Waals surface area contributed by atoms with Crippen molar-refractivity contribution in [3.63, 3.8) is 0 Å². The zero-order valence-corrected chi connectivity index (χ0v) is 8.46. The summed E-state index contributed by atoms with van der Waals surface area (Å²) in [5.41, 5.74) is 3.64. The monoisotopic (exact) mass is 199 g/mol. The first-order chi connectivity index (χ1) is 7.43. The van der Waals surface area contributed by atoms with Crippen LogP contribution in [-0.2, 0) is 0 Å². The molecule has 0 amide bonds. The van der Waals surface area contributed by atoms with E-state index in [9.17, 15) is 0 Å². The Labute approximate surface area is 88.9 Å². The number of aliphatic imine (C=N–C) groups is 1. The van der Waals surface area contributed by atoms with E-state index in [0.29, 0.717) is 0 Å². The van der Waals surface area contributed by atoms with Crippen molar-refractivity contribution in [1.29, 1.82) is 0 Å². The van der Waals surface area contributed by atoms with Crippen molar-refractivity contribution in [1.82, 2.24) is 0 Å². The van der Waals surface area contributed by atoms with E-state index in [1.54, 1.807) is 0 Å². The normalized spacial score (nSPS) is 18.4. The molecule has 3 nitrogen and oxygen atoms in total. The lowest BCUT2D eigenvalue weighted by atomic mass is 10.1. The fraction of sp³-hybridized carbons (Fsp3) is 0.250. The predicted octanol–water partition coefficient (Wildman–Crippen LogP) is 2.60. The third-order valence-electron chi connectivity index (χ3n) is 2.80. The van der Waals surface area contributed by atoms with Crippen LogP contribution >= 0.6 is 0 Å². The highest BCUT2D eigenvalue weighted by Crippen LogP contribution is 2.29. The van der Waals surface area contributed by atoms with Crippen molar-refractivity contribution in [3.8, 4) is 0 Å². The minimum Gasteiger partial charge on any atom is -0.379 e. The van der Waals surface area contributed by atoms with Gasteiger partial charge in [-0.2, -0.15) is 0 Å². The van der Waals surface area contributed by atoms with Gasteiger partial charge >= 0.3 is 0 Å². The summed E-state index contributed by atoms with van der Waals surface area (Å²) >= 11 is 0. The van der Waals surface area contributed by atoms with Gasteiger partial charge in [0.05, 0.1) is 11.4 Å². The summed E-state index contributed by atoms with van der Waals surface area (Å²) in [6.45, 7) is 0.899. The zero-order chi connectivity index (χ0) is 10.1. The number of benzene rings is 1. The molecule has 1 aromatic rings. The second-order valence-electron chi connectivity index (χ2n) is 3.83. The third kappa shape index (κ3) is 1.50. The van der Waals surface area contributed by atoms with Crippen molar-refractivity contribution in [2.75, 3.05) is 17.2 Å². The molecule has 0 aliphatic carbocycles. The van der Waals surface area contributed by atoms with Gasteiger partial charge in [0, 0.05) is 12.8 Å². The van der Waals surface area contributed by atoms with E-state index >= 15 is 0 Å². The molecule has 1 aromatic carbocycles.